The number of aryl methyl sites for hydroxylation is 1. The maximum Gasteiger partial charge on any atom is 0.127 e. The molecule has 0 amide bonds. The molecule has 0 aromatic carbocycles. The van der Waals surface area contributed by atoms with E-state index in [2.05, 4.69) is 14.9 Å². The topological polar surface area (TPSA) is 60.0 Å². The Labute approximate surface area is 101 Å². The molecule has 5 heteroatoms. The second kappa shape index (κ2) is 4.97. The fourth-order valence-electron chi connectivity index (χ4n) is 1.78. The third kappa shape index (κ3) is 2.45. The van der Waals surface area contributed by atoms with Gasteiger partial charge in [-0.05, 0) is 12.1 Å². The molecule has 0 aliphatic heterocycles. The van der Waals surface area contributed by atoms with Crippen molar-refractivity contribution in [2.75, 3.05) is 11.9 Å². The summed E-state index contributed by atoms with van der Waals surface area (Å²) in [5.41, 5.74) is 7.64. The first-order valence-corrected chi connectivity index (χ1v) is 5.53. The number of hydrogen-bond donors (Lipinski definition) is 1. The van der Waals surface area contributed by atoms with Crippen molar-refractivity contribution in [2.24, 2.45) is 12.8 Å². The first-order valence-electron chi connectivity index (χ1n) is 5.53. The lowest BCUT2D eigenvalue weighted by Gasteiger charge is -2.20. The summed E-state index contributed by atoms with van der Waals surface area (Å²) in [5, 5.41) is 0. The highest BCUT2D eigenvalue weighted by Crippen LogP contribution is 2.17. The fraction of sp³-hybridized carbons (Fsp3) is 0.333. The van der Waals surface area contributed by atoms with E-state index >= 15 is 0 Å². The minimum atomic E-state index is 0.446. The molecule has 0 unspecified atom stereocenters. The molecule has 0 atom stereocenters. The zero-order valence-corrected chi connectivity index (χ0v) is 10.2. The SMILES string of the molecule is CN(Cc1nccn1C)c1cccnc1CN. The van der Waals surface area contributed by atoms with Crippen LogP contribution in [0, 0.1) is 0 Å². The molecule has 0 spiro atoms. The van der Waals surface area contributed by atoms with Crippen molar-refractivity contribution in [1.82, 2.24) is 14.5 Å². The van der Waals surface area contributed by atoms with Crippen LogP contribution in [0.2, 0.25) is 0 Å². The van der Waals surface area contributed by atoms with Gasteiger partial charge in [-0.3, -0.25) is 4.98 Å². The monoisotopic (exact) mass is 231 g/mol. The fourth-order valence-corrected chi connectivity index (χ4v) is 1.78. The van der Waals surface area contributed by atoms with Gasteiger partial charge in [-0.25, -0.2) is 4.98 Å². The quantitative estimate of drug-likeness (QED) is 0.849. The van der Waals surface area contributed by atoms with Gasteiger partial charge in [0.1, 0.15) is 5.82 Å². The second-order valence-electron chi connectivity index (χ2n) is 3.98. The molecule has 2 aromatic heterocycles. The summed E-state index contributed by atoms with van der Waals surface area (Å²) in [6.07, 6.45) is 5.51. The zero-order valence-electron chi connectivity index (χ0n) is 10.2. The Kier molecular flexibility index (Phi) is 3.39. The molecule has 0 saturated heterocycles. The summed E-state index contributed by atoms with van der Waals surface area (Å²) in [5.74, 6) is 1.01. The van der Waals surface area contributed by atoms with E-state index in [1.807, 2.05) is 37.0 Å². The Hall–Kier alpha value is -1.88. The molecule has 0 saturated carbocycles. The van der Waals surface area contributed by atoms with Crippen molar-refractivity contribution in [1.29, 1.82) is 0 Å². The largest absolute Gasteiger partial charge is 0.366 e. The average Bonchev–Trinajstić information content (AvgIpc) is 2.75. The smallest absolute Gasteiger partial charge is 0.127 e. The molecular weight excluding hydrogens is 214 g/mol. The minimum absolute atomic E-state index is 0.446. The van der Waals surface area contributed by atoms with Crippen LogP contribution < -0.4 is 10.6 Å². The zero-order chi connectivity index (χ0) is 12.3. The van der Waals surface area contributed by atoms with Crippen molar-refractivity contribution >= 4 is 5.69 Å². The van der Waals surface area contributed by atoms with Crippen LogP contribution in [0.3, 0.4) is 0 Å². The predicted octanol–water partition coefficient (Wildman–Crippen LogP) is 0.910. The molecule has 2 aromatic rings. The van der Waals surface area contributed by atoms with Crippen LogP contribution in [-0.4, -0.2) is 21.6 Å². The highest BCUT2D eigenvalue weighted by atomic mass is 15.2. The number of aromatic nitrogens is 3. The van der Waals surface area contributed by atoms with Crippen LogP contribution in [0.1, 0.15) is 11.5 Å². The van der Waals surface area contributed by atoms with Crippen molar-refractivity contribution < 1.29 is 0 Å². The van der Waals surface area contributed by atoms with Crippen LogP contribution in [0.4, 0.5) is 5.69 Å². The molecule has 2 rings (SSSR count). The van der Waals surface area contributed by atoms with E-state index in [9.17, 15) is 0 Å². The van der Waals surface area contributed by atoms with E-state index in [0.717, 1.165) is 23.8 Å². The first-order chi connectivity index (χ1) is 8.22. The maximum atomic E-state index is 5.68. The number of anilines is 1. The number of nitrogens with zero attached hydrogens (tertiary/aromatic N) is 4. The van der Waals surface area contributed by atoms with Crippen LogP contribution in [-0.2, 0) is 20.1 Å². The molecule has 0 bridgehead atoms. The van der Waals surface area contributed by atoms with Gasteiger partial charge >= 0.3 is 0 Å². The maximum absolute atomic E-state index is 5.68. The standard InChI is InChI=1S/C12H17N5/c1-16-7-6-15-12(16)9-17(2)11-4-3-5-14-10(11)8-13/h3-7H,8-9,13H2,1-2H3. The number of rotatable bonds is 4. The summed E-state index contributed by atoms with van der Waals surface area (Å²) in [4.78, 5) is 10.7. The van der Waals surface area contributed by atoms with Gasteiger partial charge in [0.15, 0.2) is 0 Å². The van der Waals surface area contributed by atoms with Gasteiger partial charge in [0.05, 0.1) is 17.9 Å². The molecule has 0 aliphatic rings. The molecule has 90 valence electrons. The van der Waals surface area contributed by atoms with Gasteiger partial charge < -0.3 is 15.2 Å². The molecule has 17 heavy (non-hydrogen) atoms. The number of nitrogens with two attached hydrogens (primary N) is 1. The Bertz CT molecular complexity index is 491. The summed E-state index contributed by atoms with van der Waals surface area (Å²) in [6.45, 7) is 1.18. The lowest BCUT2D eigenvalue weighted by atomic mass is 10.2. The lowest BCUT2D eigenvalue weighted by molar-refractivity contribution is 0.756. The van der Waals surface area contributed by atoms with Crippen molar-refractivity contribution in [3.05, 3.63) is 42.2 Å². The van der Waals surface area contributed by atoms with Crippen LogP contribution in [0.15, 0.2) is 30.7 Å². The summed E-state index contributed by atoms with van der Waals surface area (Å²) >= 11 is 0. The molecule has 0 aliphatic carbocycles. The van der Waals surface area contributed by atoms with Gasteiger partial charge in [-0.1, -0.05) is 0 Å². The highest BCUT2D eigenvalue weighted by Gasteiger charge is 2.09. The first kappa shape index (κ1) is 11.6. The van der Waals surface area contributed by atoms with Gasteiger partial charge in [0.2, 0.25) is 0 Å². The Morgan fingerprint density at radius 3 is 2.82 bits per heavy atom. The highest BCUT2D eigenvalue weighted by molar-refractivity contribution is 5.49. The molecular formula is C12H17N5. The Morgan fingerprint density at radius 1 is 1.35 bits per heavy atom. The summed E-state index contributed by atoms with van der Waals surface area (Å²) < 4.78 is 2.01. The van der Waals surface area contributed by atoms with Gasteiger partial charge in [-0.15, -0.1) is 0 Å². The third-order valence-electron chi connectivity index (χ3n) is 2.77. The van der Waals surface area contributed by atoms with Crippen LogP contribution >= 0.6 is 0 Å². The van der Waals surface area contributed by atoms with E-state index in [-0.39, 0.29) is 0 Å². The van der Waals surface area contributed by atoms with Crippen LogP contribution in [0.5, 0.6) is 0 Å². The Balaban J connectivity index is 2.20. The molecule has 5 nitrogen and oxygen atoms in total. The van der Waals surface area contributed by atoms with Crippen molar-refractivity contribution in [3.63, 3.8) is 0 Å². The van der Waals surface area contributed by atoms with Crippen molar-refractivity contribution in [3.8, 4) is 0 Å². The van der Waals surface area contributed by atoms with Gasteiger partial charge in [-0.2, -0.15) is 0 Å². The summed E-state index contributed by atoms with van der Waals surface area (Å²) in [7, 11) is 4.01. The number of pyridine rings is 1. The van der Waals surface area contributed by atoms with E-state index in [4.69, 9.17) is 5.73 Å². The lowest BCUT2D eigenvalue weighted by Crippen LogP contribution is -2.21. The van der Waals surface area contributed by atoms with E-state index in [1.165, 1.54) is 0 Å². The average molecular weight is 231 g/mol. The van der Waals surface area contributed by atoms with E-state index in [0.29, 0.717) is 6.54 Å². The minimum Gasteiger partial charge on any atom is -0.366 e. The van der Waals surface area contributed by atoms with E-state index < -0.39 is 0 Å². The van der Waals surface area contributed by atoms with Crippen LogP contribution in [0.25, 0.3) is 0 Å². The molecule has 0 radical (unpaired) electrons. The third-order valence-corrected chi connectivity index (χ3v) is 2.77. The molecule has 2 N–H and O–H groups in total. The number of hydrogen-bond acceptors (Lipinski definition) is 4. The normalized spacial score (nSPS) is 10.5. The number of imidazole rings is 1. The van der Waals surface area contributed by atoms with E-state index in [1.54, 1.807) is 12.4 Å². The molecule has 2 heterocycles. The predicted molar refractivity (Wildman–Crippen MR) is 67.4 cm³/mol. The van der Waals surface area contributed by atoms with Gasteiger partial charge in [0.25, 0.3) is 0 Å². The second-order valence-corrected chi connectivity index (χ2v) is 3.98. The Morgan fingerprint density at radius 2 is 2.18 bits per heavy atom. The van der Waals surface area contributed by atoms with Crippen molar-refractivity contribution in [2.45, 2.75) is 13.1 Å². The molecule has 0 fully saturated rings. The summed E-state index contributed by atoms with van der Waals surface area (Å²) in [6, 6.07) is 3.95. The van der Waals surface area contributed by atoms with Gasteiger partial charge in [0, 0.05) is 39.2 Å².